The lowest BCUT2D eigenvalue weighted by Crippen LogP contribution is -2.28. The zero-order valence-electron chi connectivity index (χ0n) is 10.00. The average molecular weight is 219 g/mol. The molecule has 1 aromatic rings. The summed E-state index contributed by atoms with van der Waals surface area (Å²) in [7, 11) is 0. The summed E-state index contributed by atoms with van der Waals surface area (Å²) in [6, 6.07) is 6.68. The summed E-state index contributed by atoms with van der Waals surface area (Å²) >= 11 is 0. The van der Waals surface area contributed by atoms with Gasteiger partial charge in [-0.15, -0.1) is 0 Å². The Balaban J connectivity index is 1.94. The van der Waals surface area contributed by atoms with E-state index in [9.17, 15) is 5.11 Å². The molecule has 1 atom stereocenters. The zero-order chi connectivity index (χ0) is 11.4. The van der Waals surface area contributed by atoms with Crippen molar-refractivity contribution in [1.29, 1.82) is 0 Å². The van der Waals surface area contributed by atoms with Gasteiger partial charge in [0.25, 0.3) is 0 Å². The number of rotatable bonds is 5. The maximum absolute atomic E-state index is 9.82. The van der Waals surface area contributed by atoms with Crippen LogP contribution in [0.25, 0.3) is 0 Å². The first-order valence-corrected chi connectivity index (χ1v) is 6.29. The fraction of sp³-hybridized carbons (Fsp3) is 0.571. The van der Waals surface area contributed by atoms with Gasteiger partial charge in [-0.05, 0) is 48.9 Å². The molecular formula is C14H21NO. The molecule has 2 nitrogen and oxygen atoms in total. The number of likely N-dealkylation sites (N-methyl/N-ethyl adjacent to an activating group) is 1. The molecule has 1 unspecified atom stereocenters. The van der Waals surface area contributed by atoms with E-state index in [-0.39, 0.29) is 6.10 Å². The van der Waals surface area contributed by atoms with Crippen LogP contribution < -0.4 is 5.32 Å². The molecule has 0 saturated carbocycles. The number of fused-ring (bicyclic) bond motifs is 1. The molecular weight excluding hydrogens is 198 g/mol. The van der Waals surface area contributed by atoms with E-state index in [4.69, 9.17) is 0 Å². The fourth-order valence-corrected chi connectivity index (χ4v) is 2.41. The molecule has 0 heterocycles. The predicted octanol–water partition coefficient (Wildman–Crippen LogP) is 1.69. The molecule has 0 radical (unpaired) electrons. The molecule has 88 valence electrons. The molecule has 0 bridgehead atoms. The lowest BCUT2D eigenvalue weighted by molar-refractivity contribution is 0.172. The molecule has 0 aromatic heterocycles. The Morgan fingerprint density at radius 3 is 2.94 bits per heavy atom. The van der Waals surface area contributed by atoms with Crippen LogP contribution in [0.3, 0.4) is 0 Å². The number of hydrogen-bond acceptors (Lipinski definition) is 2. The van der Waals surface area contributed by atoms with Gasteiger partial charge in [0.05, 0.1) is 6.10 Å². The molecule has 0 saturated heterocycles. The second-order valence-electron chi connectivity index (χ2n) is 4.62. The Hall–Kier alpha value is -0.860. The Kier molecular flexibility index (Phi) is 3.97. The zero-order valence-corrected chi connectivity index (χ0v) is 10.00. The van der Waals surface area contributed by atoms with E-state index in [1.54, 1.807) is 0 Å². The summed E-state index contributed by atoms with van der Waals surface area (Å²) in [6.45, 7) is 3.66. The van der Waals surface area contributed by atoms with Crippen molar-refractivity contribution in [3.05, 3.63) is 34.9 Å². The largest absolute Gasteiger partial charge is 0.391 e. The molecule has 1 aliphatic rings. The van der Waals surface area contributed by atoms with Gasteiger partial charge in [0, 0.05) is 6.54 Å². The molecule has 0 spiro atoms. The van der Waals surface area contributed by atoms with Gasteiger partial charge in [-0.1, -0.05) is 25.1 Å². The number of aryl methyl sites for hydroxylation is 2. The smallest absolute Gasteiger partial charge is 0.0704 e. The minimum atomic E-state index is -0.264. The van der Waals surface area contributed by atoms with E-state index in [1.807, 2.05) is 0 Å². The fourth-order valence-electron chi connectivity index (χ4n) is 2.41. The minimum absolute atomic E-state index is 0.264. The first-order chi connectivity index (χ1) is 7.79. The van der Waals surface area contributed by atoms with E-state index in [0.717, 1.165) is 13.0 Å². The third-order valence-electron chi connectivity index (χ3n) is 3.26. The van der Waals surface area contributed by atoms with Crippen molar-refractivity contribution in [1.82, 2.24) is 5.32 Å². The number of aliphatic hydroxyl groups excluding tert-OH is 1. The number of benzene rings is 1. The van der Waals surface area contributed by atoms with Crippen LogP contribution in [0.5, 0.6) is 0 Å². The van der Waals surface area contributed by atoms with Crippen LogP contribution in [0.15, 0.2) is 18.2 Å². The van der Waals surface area contributed by atoms with Gasteiger partial charge in [-0.25, -0.2) is 0 Å². The van der Waals surface area contributed by atoms with Crippen LogP contribution in [0.1, 0.15) is 30.0 Å². The van der Waals surface area contributed by atoms with Gasteiger partial charge in [0.1, 0.15) is 0 Å². The van der Waals surface area contributed by atoms with E-state index in [0.29, 0.717) is 6.54 Å². The molecule has 2 N–H and O–H groups in total. The summed E-state index contributed by atoms with van der Waals surface area (Å²) in [5.41, 5.74) is 4.27. The van der Waals surface area contributed by atoms with Crippen molar-refractivity contribution >= 4 is 0 Å². The number of aliphatic hydroxyl groups is 1. The SMILES string of the molecule is CCNCC(O)Cc1ccc2c(c1)CCC2. The van der Waals surface area contributed by atoms with E-state index >= 15 is 0 Å². The highest BCUT2D eigenvalue weighted by Crippen LogP contribution is 2.23. The summed E-state index contributed by atoms with van der Waals surface area (Å²) < 4.78 is 0. The lowest BCUT2D eigenvalue weighted by atomic mass is 10.0. The summed E-state index contributed by atoms with van der Waals surface area (Å²) in [4.78, 5) is 0. The van der Waals surface area contributed by atoms with Gasteiger partial charge < -0.3 is 10.4 Å². The van der Waals surface area contributed by atoms with Crippen LogP contribution in [0.2, 0.25) is 0 Å². The molecule has 2 heteroatoms. The predicted molar refractivity (Wildman–Crippen MR) is 66.7 cm³/mol. The Labute approximate surface area is 97.7 Å². The monoisotopic (exact) mass is 219 g/mol. The van der Waals surface area contributed by atoms with Crippen molar-refractivity contribution in [3.8, 4) is 0 Å². The van der Waals surface area contributed by atoms with Crippen LogP contribution in [-0.2, 0) is 19.3 Å². The van der Waals surface area contributed by atoms with Crippen LogP contribution in [0.4, 0.5) is 0 Å². The molecule has 0 fully saturated rings. The Morgan fingerprint density at radius 1 is 1.31 bits per heavy atom. The maximum atomic E-state index is 9.82. The standard InChI is InChI=1S/C14H21NO/c1-2-15-10-14(16)9-11-6-7-12-4-3-5-13(12)8-11/h6-8,14-16H,2-5,9-10H2,1H3. The van der Waals surface area contributed by atoms with Gasteiger partial charge in [0.15, 0.2) is 0 Å². The van der Waals surface area contributed by atoms with Gasteiger partial charge in [-0.2, -0.15) is 0 Å². The average Bonchev–Trinajstić information content (AvgIpc) is 2.73. The third kappa shape index (κ3) is 2.83. The van der Waals surface area contributed by atoms with Crippen LogP contribution in [0, 0.1) is 0 Å². The second kappa shape index (κ2) is 5.46. The van der Waals surface area contributed by atoms with Gasteiger partial charge >= 0.3 is 0 Å². The van der Waals surface area contributed by atoms with E-state index in [1.165, 1.54) is 36.0 Å². The molecule has 0 amide bonds. The molecule has 0 aliphatic heterocycles. The van der Waals surface area contributed by atoms with Crippen molar-refractivity contribution in [2.75, 3.05) is 13.1 Å². The Morgan fingerprint density at radius 2 is 2.12 bits per heavy atom. The topological polar surface area (TPSA) is 32.3 Å². The summed E-state index contributed by atoms with van der Waals surface area (Å²) in [5, 5.41) is 13.0. The quantitative estimate of drug-likeness (QED) is 0.790. The van der Waals surface area contributed by atoms with E-state index in [2.05, 4.69) is 30.4 Å². The molecule has 1 aromatic carbocycles. The molecule has 16 heavy (non-hydrogen) atoms. The second-order valence-corrected chi connectivity index (χ2v) is 4.62. The highest BCUT2D eigenvalue weighted by atomic mass is 16.3. The van der Waals surface area contributed by atoms with Crippen molar-refractivity contribution in [3.63, 3.8) is 0 Å². The summed E-state index contributed by atoms with van der Waals surface area (Å²) in [5.74, 6) is 0. The normalized spacial score (nSPS) is 16.1. The Bertz CT molecular complexity index is 349. The molecule has 1 aliphatic carbocycles. The first-order valence-electron chi connectivity index (χ1n) is 6.29. The van der Waals surface area contributed by atoms with Gasteiger partial charge in [0.2, 0.25) is 0 Å². The highest BCUT2D eigenvalue weighted by Gasteiger charge is 2.12. The highest BCUT2D eigenvalue weighted by molar-refractivity contribution is 5.35. The lowest BCUT2D eigenvalue weighted by Gasteiger charge is -2.12. The maximum Gasteiger partial charge on any atom is 0.0704 e. The molecule has 2 rings (SSSR count). The minimum Gasteiger partial charge on any atom is -0.391 e. The summed E-state index contributed by atoms with van der Waals surface area (Å²) in [6.07, 6.45) is 4.24. The van der Waals surface area contributed by atoms with Crippen molar-refractivity contribution in [2.24, 2.45) is 0 Å². The number of nitrogens with one attached hydrogen (secondary N) is 1. The van der Waals surface area contributed by atoms with Gasteiger partial charge in [-0.3, -0.25) is 0 Å². The van der Waals surface area contributed by atoms with Crippen molar-refractivity contribution < 1.29 is 5.11 Å². The van der Waals surface area contributed by atoms with Crippen LogP contribution in [-0.4, -0.2) is 24.3 Å². The van der Waals surface area contributed by atoms with Crippen LogP contribution >= 0.6 is 0 Å². The third-order valence-corrected chi connectivity index (χ3v) is 3.26. The van der Waals surface area contributed by atoms with E-state index < -0.39 is 0 Å². The number of hydrogen-bond donors (Lipinski definition) is 2. The van der Waals surface area contributed by atoms with Crippen molar-refractivity contribution in [2.45, 2.75) is 38.7 Å². The first kappa shape index (κ1) is 11.6.